The summed E-state index contributed by atoms with van der Waals surface area (Å²) in [5, 5.41) is 0. The summed E-state index contributed by atoms with van der Waals surface area (Å²) in [7, 11) is 4.00. The normalized spacial score (nSPS) is 24.0. The van der Waals surface area contributed by atoms with E-state index in [2.05, 4.69) is 6.42 Å². The molecule has 0 spiro atoms. The van der Waals surface area contributed by atoms with Crippen molar-refractivity contribution >= 4 is 21.6 Å². The van der Waals surface area contributed by atoms with E-state index in [4.69, 9.17) is 0 Å². The van der Waals surface area contributed by atoms with Gasteiger partial charge >= 0.3 is 0 Å². The van der Waals surface area contributed by atoms with E-state index >= 15 is 0 Å². The molecule has 0 aromatic heterocycles. The largest absolute Gasteiger partial charge is 0.0941 e. The molecule has 0 aliphatic carbocycles. The standard InChI is InChI=1S/C5H9S2/c1-2-4-6-7-5-3-1/h1H,2-5H2. The van der Waals surface area contributed by atoms with Gasteiger partial charge in [-0.05, 0) is 19.3 Å². The van der Waals surface area contributed by atoms with Crippen LogP contribution in [-0.2, 0) is 0 Å². The molecule has 0 bridgehead atoms. The Morgan fingerprint density at radius 3 is 2.14 bits per heavy atom. The van der Waals surface area contributed by atoms with Crippen LogP contribution in [0.1, 0.15) is 12.8 Å². The van der Waals surface area contributed by atoms with Crippen molar-refractivity contribution in [3.8, 4) is 0 Å². The summed E-state index contributed by atoms with van der Waals surface area (Å²) in [5.74, 6) is 2.65. The lowest BCUT2D eigenvalue weighted by atomic mass is 10.3. The second-order valence-electron chi connectivity index (χ2n) is 1.51. The first kappa shape index (κ1) is 5.83. The predicted molar refractivity (Wildman–Crippen MR) is 38.5 cm³/mol. The third kappa shape index (κ3) is 2.50. The van der Waals surface area contributed by atoms with Gasteiger partial charge < -0.3 is 0 Å². The van der Waals surface area contributed by atoms with Gasteiger partial charge in [-0.3, -0.25) is 0 Å². The van der Waals surface area contributed by atoms with E-state index in [9.17, 15) is 0 Å². The molecule has 0 N–H and O–H groups in total. The van der Waals surface area contributed by atoms with Gasteiger partial charge in [0.25, 0.3) is 0 Å². The summed E-state index contributed by atoms with van der Waals surface area (Å²) in [6.07, 6.45) is 5.02. The molecule has 1 aliphatic rings. The van der Waals surface area contributed by atoms with E-state index < -0.39 is 0 Å². The fraction of sp³-hybridized carbons (Fsp3) is 0.800. The maximum Gasteiger partial charge on any atom is 0.00396 e. The number of rotatable bonds is 0. The summed E-state index contributed by atoms with van der Waals surface area (Å²) in [4.78, 5) is 0. The van der Waals surface area contributed by atoms with Crippen molar-refractivity contribution in [3.63, 3.8) is 0 Å². The molecule has 0 atom stereocenters. The molecule has 1 rings (SSSR count). The maximum absolute atomic E-state index is 2.38. The predicted octanol–water partition coefficient (Wildman–Crippen LogP) is 2.37. The van der Waals surface area contributed by atoms with Crippen LogP contribution in [0.15, 0.2) is 0 Å². The molecule has 0 unspecified atom stereocenters. The number of hydrogen-bond donors (Lipinski definition) is 0. The van der Waals surface area contributed by atoms with Crippen LogP contribution in [0.25, 0.3) is 0 Å². The summed E-state index contributed by atoms with van der Waals surface area (Å²) >= 11 is 0. The summed E-state index contributed by atoms with van der Waals surface area (Å²) in [5.41, 5.74) is 0. The topological polar surface area (TPSA) is 0 Å². The van der Waals surface area contributed by atoms with Gasteiger partial charge in [-0.2, -0.15) is 0 Å². The van der Waals surface area contributed by atoms with E-state index in [1.807, 2.05) is 21.6 Å². The Kier molecular flexibility index (Phi) is 3.06. The Labute approximate surface area is 52.8 Å². The van der Waals surface area contributed by atoms with Crippen molar-refractivity contribution in [3.05, 3.63) is 6.42 Å². The Hall–Kier alpha value is 0.700. The highest BCUT2D eigenvalue weighted by molar-refractivity contribution is 8.76. The van der Waals surface area contributed by atoms with Crippen molar-refractivity contribution in [2.75, 3.05) is 11.5 Å². The van der Waals surface area contributed by atoms with Crippen LogP contribution in [0.3, 0.4) is 0 Å². The minimum Gasteiger partial charge on any atom is -0.0941 e. The van der Waals surface area contributed by atoms with Crippen molar-refractivity contribution < 1.29 is 0 Å². The molecule has 0 amide bonds. The summed E-state index contributed by atoms with van der Waals surface area (Å²) < 4.78 is 0. The molecule has 41 valence electrons. The third-order valence-corrected chi connectivity index (χ3v) is 3.37. The van der Waals surface area contributed by atoms with Gasteiger partial charge in [-0.25, -0.2) is 0 Å². The first-order valence-corrected chi connectivity index (χ1v) is 5.05. The van der Waals surface area contributed by atoms with Crippen LogP contribution < -0.4 is 0 Å². The molecular formula is C5H9S2. The molecule has 7 heavy (non-hydrogen) atoms. The minimum atomic E-state index is 1.32. The molecule has 0 nitrogen and oxygen atoms in total. The molecule has 1 radical (unpaired) electrons. The molecule has 0 aromatic carbocycles. The van der Waals surface area contributed by atoms with E-state index in [1.165, 1.54) is 24.3 Å². The average Bonchev–Trinajstić information content (AvgIpc) is 1.90. The zero-order valence-electron chi connectivity index (χ0n) is 4.22. The first-order valence-electron chi connectivity index (χ1n) is 2.56. The van der Waals surface area contributed by atoms with E-state index in [1.54, 1.807) is 0 Å². The molecule has 1 fully saturated rings. The van der Waals surface area contributed by atoms with Gasteiger partial charge in [0.05, 0.1) is 0 Å². The number of hydrogen-bond acceptors (Lipinski definition) is 2. The van der Waals surface area contributed by atoms with Crippen molar-refractivity contribution in [2.24, 2.45) is 0 Å². The molecule has 1 saturated heterocycles. The van der Waals surface area contributed by atoms with Gasteiger partial charge in [0.1, 0.15) is 0 Å². The van der Waals surface area contributed by atoms with Crippen LogP contribution in [0.2, 0.25) is 0 Å². The second-order valence-corrected chi connectivity index (χ2v) is 4.21. The van der Waals surface area contributed by atoms with Gasteiger partial charge in [-0.1, -0.05) is 21.6 Å². The second kappa shape index (κ2) is 3.67. The van der Waals surface area contributed by atoms with Crippen molar-refractivity contribution in [1.82, 2.24) is 0 Å². The Balaban J connectivity index is 2.04. The van der Waals surface area contributed by atoms with Crippen LogP contribution >= 0.6 is 21.6 Å². The molecule has 0 aromatic rings. The van der Waals surface area contributed by atoms with Gasteiger partial charge in [0, 0.05) is 11.5 Å². The van der Waals surface area contributed by atoms with E-state index in [0.717, 1.165) is 0 Å². The molecule has 1 heterocycles. The Morgan fingerprint density at radius 2 is 1.57 bits per heavy atom. The monoisotopic (exact) mass is 133 g/mol. The van der Waals surface area contributed by atoms with Crippen LogP contribution in [-0.4, -0.2) is 11.5 Å². The van der Waals surface area contributed by atoms with Gasteiger partial charge in [-0.15, -0.1) is 0 Å². The lowest BCUT2D eigenvalue weighted by Gasteiger charge is -1.86. The van der Waals surface area contributed by atoms with Gasteiger partial charge in [0.15, 0.2) is 0 Å². The Bertz CT molecular complexity index is 25.7. The highest BCUT2D eigenvalue weighted by Gasteiger charge is 1.96. The highest BCUT2D eigenvalue weighted by Crippen LogP contribution is 2.26. The zero-order valence-corrected chi connectivity index (χ0v) is 5.86. The maximum atomic E-state index is 2.38. The first-order chi connectivity index (χ1) is 3.50. The molecule has 1 aliphatic heterocycles. The van der Waals surface area contributed by atoms with Crippen molar-refractivity contribution in [2.45, 2.75) is 12.8 Å². The van der Waals surface area contributed by atoms with Crippen LogP contribution in [0.5, 0.6) is 0 Å². The fourth-order valence-electron chi connectivity index (χ4n) is 0.525. The quantitative estimate of drug-likeness (QED) is 0.465. The van der Waals surface area contributed by atoms with Crippen LogP contribution in [0.4, 0.5) is 0 Å². The fourth-order valence-corrected chi connectivity index (χ4v) is 2.57. The summed E-state index contributed by atoms with van der Waals surface area (Å²) in [6.45, 7) is 0. The van der Waals surface area contributed by atoms with E-state index in [0.29, 0.717) is 0 Å². The van der Waals surface area contributed by atoms with E-state index in [-0.39, 0.29) is 0 Å². The highest BCUT2D eigenvalue weighted by atomic mass is 33.1. The SMILES string of the molecule is [CH]1CCSSCC1. The zero-order chi connectivity index (χ0) is 4.95. The third-order valence-electron chi connectivity index (χ3n) is 0.894. The molecule has 2 heteroatoms. The lowest BCUT2D eigenvalue weighted by Crippen LogP contribution is -1.75. The van der Waals surface area contributed by atoms with Crippen LogP contribution in [0, 0.1) is 6.42 Å². The smallest absolute Gasteiger partial charge is 0.00396 e. The average molecular weight is 133 g/mol. The summed E-state index contributed by atoms with van der Waals surface area (Å²) in [6, 6.07) is 0. The minimum absolute atomic E-state index is 1.32. The molecular weight excluding hydrogens is 124 g/mol. The van der Waals surface area contributed by atoms with Gasteiger partial charge in [0.2, 0.25) is 0 Å². The van der Waals surface area contributed by atoms with Crippen molar-refractivity contribution in [1.29, 1.82) is 0 Å². The molecule has 0 saturated carbocycles. The lowest BCUT2D eigenvalue weighted by molar-refractivity contribution is 0.998. The Morgan fingerprint density at radius 1 is 1.00 bits per heavy atom.